The van der Waals surface area contributed by atoms with Crippen molar-refractivity contribution in [3.05, 3.63) is 95.1 Å². The number of hydrogen-bond donors (Lipinski definition) is 3. The molecule has 3 N–H and O–H groups in total. The fraction of sp³-hybridized carbons (Fsp3) is 0.200. The zero-order valence-electron chi connectivity index (χ0n) is 16.8. The SMILES string of the molecule is O=C(NC(CO)Cc1ccc(C(=O)O)cc1)OCC1c2ccccc2-c2ccccc21. The zero-order chi connectivity index (χ0) is 21.8. The van der Waals surface area contributed by atoms with Gasteiger partial charge in [0.05, 0.1) is 18.2 Å². The summed E-state index contributed by atoms with van der Waals surface area (Å²) in [5.41, 5.74) is 5.58. The molecule has 0 saturated carbocycles. The van der Waals surface area contributed by atoms with Crippen LogP contribution in [0.25, 0.3) is 11.1 Å². The van der Waals surface area contributed by atoms with E-state index in [1.54, 1.807) is 12.1 Å². The lowest BCUT2D eigenvalue weighted by molar-refractivity contribution is 0.0696. The third kappa shape index (κ3) is 4.44. The van der Waals surface area contributed by atoms with Crippen LogP contribution >= 0.6 is 0 Å². The van der Waals surface area contributed by atoms with Crippen molar-refractivity contribution >= 4 is 12.1 Å². The number of rotatable bonds is 7. The van der Waals surface area contributed by atoms with Crippen molar-refractivity contribution in [3.63, 3.8) is 0 Å². The average molecular weight is 417 g/mol. The van der Waals surface area contributed by atoms with Gasteiger partial charge in [-0.25, -0.2) is 9.59 Å². The molecule has 4 rings (SSSR count). The van der Waals surface area contributed by atoms with Crippen molar-refractivity contribution in [2.45, 2.75) is 18.4 Å². The maximum Gasteiger partial charge on any atom is 0.407 e. The Hall–Kier alpha value is -3.64. The number of carboxylic acids is 1. The molecule has 0 aliphatic heterocycles. The second-order valence-corrected chi connectivity index (χ2v) is 7.56. The molecule has 0 spiro atoms. The molecule has 1 atom stereocenters. The molecule has 0 radical (unpaired) electrons. The fourth-order valence-corrected chi connectivity index (χ4v) is 4.04. The maximum atomic E-state index is 12.4. The molecule has 0 heterocycles. The number of carbonyl (C=O) groups is 2. The van der Waals surface area contributed by atoms with Crippen LogP contribution < -0.4 is 5.32 Å². The first kappa shape index (κ1) is 20.6. The smallest absolute Gasteiger partial charge is 0.407 e. The van der Waals surface area contributed by atoms with Gasteiger partial charge in [0.15, 0.2) is 0 Å². The average Bonchev–Trinajstić information content (AvgIpc) is 3.11. The van der Waals surface area contributed by atoms with Crippen LogP contribution in [-0.4, -0.2) is 41.5 Å². The van der Waals surface area contributed by atoms with E-state index in [1.165, 1.54) is 12.1 Å². The van der Waals surface area contributed by atoms with Gasteiger partial charge in [-0.2, -0.15) is 0 Å². The van der Waals surface area contributed by atoms with Crippen molar-refractivity contribution < 1.29 is 24.5 Å². The first-order chi connectivity index (χ1) is 15.1. The molecule has 1 aliphatic rings. The van der Waals surface area contributed by atoms with Crippen LogP contribution in [-0.2, 0) is 11.2 Å². The minimum absolute atomic E-state index is 0.0331. The molecule has 0 aromatic heterocycles. The number of carboxylic acid groups (broad SMARTS) is 1. The van der Waals surface area contributed by atoms with Gasteiger partial charge in [-0.15, -0.1) is 0 Å². The molecule has 6 nitrogen and oxygen atoms in total. The number of aromatic carboxylic acids is 1. The topological polar surface area (TPSA) is 95.9 Å². The molecule has 1 aliphatic carbocycles. The quantitative estimate of drug-likeness (QED) is 0.543. The predicted molar refractivity (Wildman–Crippen MR) is 116 cm³/mol. The highest BCUT2D eigenvalue weighted by molar-refractivity contribution is 5.87. The number of aliphatic hydroxyl groups is 1. The fourth-order valence-electron chi connectivity index (χ4n) is 4.04. The summed E-state index contributed by atoms with van der Waals surface area (Å²) in [6.45, 7) is -0.0593. The Balaban J connectivity index is 1.38. The van der Waals surface area contributed by atoms with Crippen LogP contribution in [0.4, 0.5) is 4.79 Å². The number of fused-ring (bicyclic) bond motifs is 3. The Morgan fingerprint density at radius 3 is 2.03 bits per heavy atom. The second kappa shape index (κ2) is 9.02. The van der Waals surface area contributed by atoms with E-state index >= 15 is 0 Å². The van der Waals surface area contributed by atoms with Gasteiger partial charge in [0, 0.05) is 5.92 Å². The van der Waals surface area contributed by atoms with Gasteiger partial charge in [-0.3, -0.25) is 0 Å². The minimum Gasteiger partial charge on any atom is -0.478 e. The van der Waals surface area contributed by atoms with Crippen molar-refractivity contribution in [1.82, 2.24) is 5.32 Å². The van der Waals surface area contributed by atoms with Crippen LogP contribution in [0.3, 0.4) is 0 Å². The molecule has 158 valence electrons. The Labute approximate surface area is 180 Å². The van der Waals surface area contributed by atoms with E-state index in [2.05, 4.69) is 29.6 Å². The Morgan fingerprint density at radius 2 is 1.48 bits per heavy atom. The molecular weight excluding hydrogens is 394 g/mol. The molecule has 31 heavy (non-hydrogen) atoms. The van der Waals surface area contributed by atoms with E-state index < -0.39 is 18.1 Å². The van der Waals surface area contributed by atoms with E-state index in [1.807, 2.05) is 24.3 Å². The molecule has 0 fully saturated rings. The van der Waals surface area contributed by atoms with E-state index in [9.17, 15) is 14.7 Å². The van der Waals surface area contributed by atoms with E-state index in [-0.39, 0.29) is 24.7 Å². The third-order valence-electron chi connectivity index (χ3n) is 5.57. The molecule has 3 aromatic carbocycles. The lowest BCUT2D eigenvalue weighted by Crippen LogP contribution is -2.39. The van der Waals surface area contributed by atoms with Crippen LogP contribution in [0.15, 0.2) is 72.8 Å². The summed E-state index contributed by atoms with van der Waals surface area (Å²) in [5, 5.41) is 21.3. The monoisotopic (exact) mass is 417 g/mol. The van der Waals surface area contributed by atoms with Gasteiger partial charge >= 0.3 is 12.1 Å². The number of benzene rings is 3. The molecule has 0 saturated heterocycles. The van der Waals surface area contributed by atoms with E-state index in [0.29, 0.717) is 6.42 Å². The van der Waals surface area contributed by atoms with E-state index in [0.717, 1.165) is 27.8 Å². The molecule has 0 bridgehead atoms. The first-order valence-corrected chi connectivity index (χ1v) is 10.1. The Bertz CT molecular complexity index is 1050. The Morgan fingerprint density at radius 1 is 0.903 bits per heavy atom. The lowest BCUT2D eigenvalue weighted by atomic mass is 9.98. The number of ether oxygens (including phenoxy) is 1. The number of amides is 1. The van der Waals surface area contributed by atoms with Crippen molar-refractivity contribution in [1.29, 1.82) is 0 Å². The summed E-state index contributed by atoms with van der Waals surface area (Å²) < 4.78 is 5.52. The summed E-state index contributed by atoms with van der Waals surface area (Å²) in [4.78, 5) is 23.4. The van der Waals surface area contributed by atoms with Crippen LogP contribution in [0.2, 0.25) is 0 Å². The molecule has 3 aromatic rings. The summed E-state index contributed by atoms with van der Waals surface area (Å²) in [7, 11) is 0. The van der Waals surface area contributed by atoms with E-state index in [4.69, 9.17) is 9.84 Å². The van der Waals surface area contributed by atoms with Gasteiger partial charge in [-0.05, 0) is 46.4 Å². The van der Waals surface area contributed by atoms with Crippen molar-refractivity contribution in [3.8, 4) is 11.1 Å². The third-order valence-corrected chi connectivity index (χ3v) is 5.57. The number of carbonyl (C=O) groups excluding carboxylic acids is 1. The summed E-state index contributed by atoms with van der Waals surface area (Å²) in [6.07, 6.45) is -0.233. The molecule has 6 heteroatoms. The molecular formula is C25H23NO5. The van der Waals surface area contributed by atoms with Gasteiger partial charge in [0.25, 0.3) is 0 Å². The summed E-state index contributed by atoms with van der Waals surface area (Å²) >= 11 is 0. The number of alkyl carbamates (subject to hydrolysis) is 1. The normalized spacial score (nSPS) is 13.2. The maximum absolute atomic E-state index is 12.4. The number of nitrogens with one attached hydrogen (secondary N) is 1. The zero-order valence-corrected chi connectivity index (χ0v) is 16.8. The second-order valence-electron chi connectivity index (χ2n) is 7.56. The summed E-state index contributed by atoms with van der Waals surface area (Å²) in [6, 6.07) is 22.0. The van der Waals surface area contributed by atoms with Crippen molar-refractivity contribution in [2.24, 2.45) is 0 Å². The molecule has 1 amide bonds. The van der Waals surface area contributed by atoms with Gasteiger partial charge in [0.1, 0.15) is 6.61 Å². The van der Waals surface area contributed by atoms with Gasteiger partial charge in [-0.1, -0.05) is 60.7 Å². The minimum atomic E-state index is -0.998. The van der Waals surface area contributed by atoms with Gasteiger partial charge < -0.3 is 20.3 Å². The lowest BCUT2D eigenvalue weighted by Gasteiger charge is -2.18. The predicted octanol–water partition coefficient (Wildman–Crippen LogP) is 3.83. The van der Waals surface area contributed by atoms with Crippen LogP contribution in [0, 0.1) is 0 Å². The highest BCUT2D eigenvalue weighted by Gasteiger charge is 2.29. The van der Waals surface area contributed by atoms with Crippen molar-refractivity contribution in [2.75, 3.05) is 13.2 Å². The van der Waals surface area contributed by atoms with Gasteiger partial charge in [0.2, 0.25) is 0 Å². The standard InChI is InChI=1S/C25H23NO5/c27-14-18(13-16-9-11-17(12-10-16)24(28)29)26-25(30)31-15-23-21-7-3-1-5-19(21)20-6-2-4-8-22(20)23/h1-12,18,23,27H,13-15H2,(H,26,30)(H,28,29). The number of aliphatic hydroxyl groups excluding tert-OH is 1. The Kier molecular flexibility index (Phi) is 6.00. The molecule has 1 unspecified atom stereocenters. The highest BCUT2D eigenvalue weighted by Crippen LogP contribution is 2.44. The summed E-state index contributed by atoms with van der Waals surface area (Å²) in [5.74, 6) is -1.03. The highest BCUT2D eigenvalue weighted by atomic mass is 16.5. The van der Waals surface area contributed by atoms with Crippen LogP contribution in [0.5, 0.6) is 0 Å². The van der Waals surface area contributed by atoms with Crippen LogP contribution in [0.1, 0.15) is 33.0 Å². The first-order valence-electron chi connectivity index (χ1n) is 10.1. The largest absolute Gasteiger partial charge is 0.478 e. The number of hydrogen-bond acceptors (Lipinski definition) is 4.